The van der Waals surface area contributed by atoms with Crippen LogP contribution in [0.5, 0.6) is 0 Å². The van der Waals surface area contributed by atoms with Crippen LogP contribution >= 0.6 is 0 Å². The monoisotopic (exact) mass is 637 g/mol. The Kier molecular flexibility index (Phi) is 8.66. The molecule has 1 spiro atoms. The molecule has 0 N–H and O–H groups in total. The molecule has 6 nitrogen and oxygen atoms in total. The zero-order valence-electron chi connectivity index (χ0n) is 24.9. The van der Waals surface area contributed by atoms with Gasteiger partial charge in [0, 0.05) is 55.8 Å². The molecule has 0 bridgehead atoms. The molecule has 0 radical (unpaired) electrons. The lowest BCUT2D eigenvalue weighted by molar-refractivity contribution is -0.143. The van der Waals surface area contributed by atoms with E-state index in [1.165, 1.54) is 4.90 Å². The first-order valence-corrected chi connectivity index (χ1v) is 15.6. The molecule has 45 heavy (non-hydrogen) atoms. The standard InChI is InChI=1S/C33H37F6N3O3/c34-32(35,36)25-15-24(16-26(17-25)33(37,38)39)30(44)42-10-6-27(18-28(42)14-22-4-2-1-3-5-22)40-11-8-31(20-40)9-12-41(21-31)29(43)23-7-13-45-19-23/h1-5,15-17,23,27-28H,6-14,18-21H2. The Morgan fingerprint density at radius 3 is 2.20 bits per heavy atom. The maximum absolute atomic E-state index is 13.7. The van der Waals surface area contributed by atoms with Gasteiger partial charge in [0.15, 0.2) is 0 Å². The Morgan fingerprint density at radius 2 is 1.56 bits per heavy atom. The van der Waals surface area contributed by atoms with E-state index >= 15 is 0 Å². The minimum atomic E-state index is -5.04. The molecule has 4 aliphatic rings. The minimum Gasteiger partial charge on any atom is -0.381 e. The highest BCUT2D eigenvalue weighted by Crippen LogP contribution is 2.43. The van der Waals surface area contributed by atoms with Crippen molar-refractivity contribution in [3.05, 3.63) is 70.8 Å². The van der Waals surface area contributed by atoms with Crippen molar-refractivity contribution in [2.24, 2.45) is 11.3 Å². The number of nitrogens with zero attached hydrogens (tertiary/aromatic N) is 3. The molecule has 4 atom stereocenters. The van der Waals surface area contributed by atoms with Crippen molar-refractivity contribution in [1.82, 2.24) is 14.7 Å². The van der Waals surface area contributed by atoms with E-state index in [1.807, 2.05) is 35.2 Å². The number of carbonyl (C=O) groups is 2. The van der Waals surface area contributed by atoms with Crippen LogP contribution in [0.15, 0.2) is 48.5 Å². The van der Waals surface area contributed by atoms with Gasteiger partial charge >= 0.3 is 12.4 Å². The van der Waals surface area contributed by atoms with Crippen LogP contribution in [0.3, 0.4) is 0 Å². The number of amides is 2. The molecule has 4 saturated heterocycles. The second-order valence-corrected chi connectivity index (χ2v) is 13.1. The topological polar surface area (TPSA) is 53.1 Å². The van der Waals surface area contributed by atoms with E-state index in [2.05, 4.69) is 4.90 Å². The van der Waals surface area contributed by atoms with Gasteiger partial charge < -0.3 is 14.5 Å². The SMILES string of the molecule is O=C(C1CCOC1)N1CCC2(CCN(C3CCN(C(=O)c4cc(C(F)(F)F)cc(C(F)(F)F)c4)C(Cc4ccccc4)C3)C2)C1. The summed E-state index contributed by atoms with van der Waals surface area (Å²) >= 11 is 0. The zero-order valence-corrected chi connectivity index (χ0v) is 24.9. The largest absolute Gasteiger partial charge is 0.416 e. The highest BCUT2D eigenvalue weighted by atomic mass is 19.4. The van der Waals surface area contributed by atoms with Crippen molar-refractivity contribution in [3.8, 4) is 0 Å². The highest BCUT2D eigenvalue weighted by molar-refractivity contribution is 5.95. The van der Waals surface area contributed by atoms with Gasteiger partial charge in [0.25, 0.3) is 5.91 Å². The van der Waals surface area contributed by atoms with Gasteiger partial charge in [-0.2, -0.15) is 26.3 Å². The number of benzene rings is 2. The molecular formula is C33H37F6N3O3. The number of carbonyl (C=O) groups excluding carboxylic acids is 2. The van der Waals surface area contributed by atoms with Crippen molar-refractivity contribution in [2.45, 2.75) is 63.0 Å². The lowest BCUT2D eigenvalue weighted by Crippen LogP contribution is -2.52. The van der Waals surface area contributed by atoms with Crippen molar-refractivity contribution < 1.29 is 40.7 Å². The number of ether oxygens (including phenoxy) is 1. The fraction of sp³-hybridized carbons (Fsp3) is 0.576. The second-order valence-electron chi connectivity index (χ2n) is 13.1. The molecule has 4 fully saturated rings. The number of rotatable bonds is 5. The van der Waals surface area contributed by atoms with E-state index in [4.69, 9.17) is 4.74 Å². The quantitative estimate of drug-likeness (QED) is 0.384. The number of likely N-dealkylation sites (tertiary alicyclic amines) is 3. The maximum atomic E-state index is 13.7. The third-order valence-electron chi connectivity index (χ3n) is 10.1. The van der Waals surface area contributed by atoms with Gasteiger partial charge in [0.05, 0.1) is 23.7 Å². The summed E-state index contributed by atoms with van der Waals surface area (Å²) in [7, 11) is 0. The van der Waals surface area contributed by atoms with Gasteiger partial charge in [-0.15, -0.1) is 0 Å². The molecule has 0 saturated carbocycles. The summed E-state index contributed by atoms with van der Waals surface area (Å²) in [6.07, 6.45) is -5.92. The Morgan fingerprint density at radius 1 is 0.867 bits per heavy atom. The molecular weight excluding hydrogens is 600 g/mol. The van der Waals surface area contributed by atoms with Gasteiger partial charge in [-0.05, 0) is 68.8 Å². The van der Waals surface area contributed by atoms with Gasteiger partial charge in [0.1, 0.15) is 0 Å². The highest BCUT2D eigenvalue weighted by Gasteiger charge is 2.48. The molecule has 12 heteroatoms. The van der Waals surface area contributed by atoms with Crippen LogP contribution in [0.4, 0.5) is 26.3 Å². The number of hydrogen-bond acceptors (Lipinski definition) is 4. The minimum absolute atomic E-state index is 0.00301. The summed E-state index contributed by atoms with van der Waals surface area (Å²) < 4.78 is 86.9. The lowest BCUT2D eigenvalue weighted by Gasteiger charge is -2.43. The van der Waals surface area contributed by atoms with Crippen LogP contribution in [0.2, 0.25) is 0 Å². The van der Waals surface area contributed by atoms with Crippen LogP contribution < -0.4 is 0 Å². The van der Waals surface area contributed by atoms with Crippen molar-refractivity contribution in [3.63, 3.8) is 0 Å². The molecule has 6 rings (SSSR count). The molecule has 0 aliphatic carbocycles. The van der Waals surface area contributed by atoms with E-state index in [1.54, 1.807) is 0 Å². The molecule has 2 aromatic rings. The normalized spacial score (nSPS) is 27.9. The summed E-state index contributed by atoms with van der Waals surface area (Å²) in [6, 6.07) is 10.2. The average molecular weight is 638 g/mol. The molecule has 244 valence electrons. The first-order chi connectivity index (χ1) is 21.3. The van der Waals surface area contributed by atoms with Crippen LogP contribution in [0.25, 0.3) is 0 Å². The summed E-state index contributed by atoms with van der Waals surface area (Å²) in [6.45, 7) is 4.40. The number of piperidine rings is 1. The van der Waals surface area contributed by atoms with Gasteiger partial charge in [-0.1, -0.05) is 30.3 Å². The van der Waals surface area contributed by atoms with Crippen molar-refractivity contribution >= 4 is 11.8 Å². The molecule has 4 heterocycles. The lowest BCUT2D eigenvalue weighted by atomic mass is 9.86. The zero-order chi connectivity index (χ0) is 32.0. The van der Waals surface area contributed by atoms with Gasteiger partial charge in [0.2, 0.25) is 5.91 Å². The molecule has 4 unspecified atom stereocenters. The van der Waals surface area contributed by atoms with Crippen LogP contribution in [0.1, 0.15) is 59.2 Å². The van der Waals surface area contributed by atoms with Crippen molar-refractivity contribution in [1.29, 1.82) is 0 Å². The third-order valence-corrected chi connectivity index (χ3v) is 10.1. The molecule has 0 aromatic heterocycles. The number of halogens is 6. The average Bonchev–Trinajstić information content (AvgIpc) is 3.78. The van der Waals surface area contributed by atoms with Crippen LogP contribution in [-0.4, -0.2) is 84.5 Å². The molecule has 4 aliphatic heterocycles. The predicted molar refractivity (Wildman–Crippen MR) is 153 cm³/mol. The Bertz CT molecular complexity index is 1360. The summed E-state index contributed by atoms with van der Waals surface area (Å²) in [5.74, 6) is -0.729. The fourth-order valence-electron chi connectivity index (χ4n) is 7.68. The van der Waals surface area contributed by atoms with E-state index in [0.717, 1.165) is 44.5 Å². The smallest absolute Gasteiger partial charge is 0.381 e. The number of hydrogen-bond donors (Lipinski definition) is 0. The predicted octanol–water partition coefficient (Wildman–Crippen LogP) is 5.90. The Labute approximate surface area is 258 Å². The molecule has 2 amide bonds. The van der Waals surface area contributed by atoms with E-state index < -0.39 is 41.0 Å². The summed E-state index contributed by atoms with van der Waals surface area (Å²) in [5.41, 5.74) is -2.68. The van der Waals surface area contributed by atoms with E-state index in [0.29, 0.717) is 51.2 Å². The fourth-order valence-corrected chi connectivity index (χ4v) is 7.68. The molecule has 2 aromatic carbocycles. The van der Waals surface area contributed by atoms with Crippen molar-refractivity contribution in [2.75, 3.05) is 45.9 Å². The van der Waals surface area contributed by atoms with E-state index in [9.17, 15) is 35.9 Å². The Hall–Kier alpha value is -3.12. The van der Waals surface area contributed by atoms with Crippen LogP contribution in [-0.2, 0) is 28.3 Å². The van der Waals surface area contributed by atoms with E-state index in [-0.39, 0.29) is 35.9 Å². The Balaban J connectivity index is 1.20. The maximum Gasteiger partial charge on any atom is 0.416 e. The third kappa shape index (κ3) is 6.86. The first kappa shape index (κ1) is 31.8. The summed E-state index contributed by atoms with van der Waals surface area (Å²) in [4.78, 5) is 32.6. The summed E-state index contributed by atoms with van der Waals surface area (Å²) in [5, 5.41) is 0. The van der Waals surface area contributed by atoms with Gasteiger partial charge in [-0.3, -0.25) is 14.5 Å². The second kappa shape index (κ2) is 12.2. The number of alkyl halides is 6. The van der Waals surface area contributed by atoms with Gasteiger partial charge in [-0.25, -0.2) is 0 Å². The first-order valence-electron chi connectivity index (χ1n) is 15.6. The van der Waals surface area contributed by atoms with Crippen LogP contribution in [0, 0.1) is 11.3 Å².